The van der Waals surface area contributed by atoms with E-state index in [9.17, 15) is 35.7 Å². The number of aromatic hydroxyl groups is 4. The summed E-state index contributed by atoms with van der Waals surface area (Å²) in [6, 6.07) is 7.57. The highest BCUT2D eigenvalue weighted by Crippen LogP contribution is 2.42. The van der Waals surface area contributed by atoms with Gasteiger partial charge in [-0.25, -0.2) is 4.42 Å². The van der Waals surface area contributed by atoms with Gasteiger partial charge in [-0.05, 0) is 12.1 Å². The lowest BCUT2D eigenvalue weighted by molar-refractivity contribution is -0.116. The summed E-state index contributed by atoms with van der Waals surface area (Å²) >= 11 is 0. The Morgan fingerprint density at radius 1 is 0.900 bits per heavy atom. The van der Waals surface area contributed by atoms with E-state index in [1.54, 1.807) is 0 Å². The zero-order chi connectivity index (χ0) is 21.6. The number of fused-ring (bicyclic) bond motifs is 1. The van der Waals surface area contributed by atoms with Crippen molar-refractivity contribution in [1.29, 1.82) is 0 Å². The number of hydrogen-bond acceptors (Lipinski definition) is 9. The molecule has 1 aliphatic heterocycles. The number of aliphatic hydroxyl groups excluding tert-OH is 3. The average molecular weight is 419 g/mol. The van der Waals surface area contributed by atoms with Crippen molar-refractivity contribution in [1.82, 2.24) is 0 Å². The van der Waals surface area contributed by atoms with Crippen molar-refractivity contribution < 1.29 is 49.6 Å². The maximum atomic E-state index is 10.2. The molecule has 1 saturated heterocycles. The summed E-state index contributed by atoms with van der Waals surface area (Å²) in [7, 11) is 0. The third kappa shape index (κ3) is 3.42. The summed E-state index contributed by atoms with van der Waals surface area (Å²) < 4.78 is 16.8. The second-order valence-electron chi connectivity index (χ2n) is 6.84. The van der Waals surface area contributed by atoms with Crippen molar-refractivity contribution in [2.24, 2.45) is 0 Å². The molecule has 2 aromatic carbocycles. The summed E-state index contributed by atoms with van der Waals surface area (Å²) in [6.07, 6.45) is -5.29. The molecule has 2 heterocycles. The van der Waals surface area contributed by atoms with Gasteiger partial charge in [0.1, 0.15) is 35.2 Å². The van der Waals surface area contributed by atoms with Crippen molar-refractivity contribution >= 4 is 11.0 Å². The Bertz CT molecular complexity index is 1100. The molecular formula is C20H19O10+. The number of hydrogen-bond donors (Lipinski definition) is 7. The minimum Gasteiger partial charge on any atom is -0.507 e. The standard InChI is InChI=1S/C20H18O10/c21-7-16-17(26)18(27)20(30-16)29-15-6-10-12(24)4-9(22)5-14(10)28-19(15)8-1-2-11(23)13(25)3-8/h1-6,16-18,20-21,26-27H,7H2,(H3-,22,23,24,25)/p+1/t16-,17+,18-,20-/m1/s1. The molecule has 158 valence electrons. The van der Waals surface area contributed by atoms with Crippen molar-refractivity contribution in [3.63, 3.8) is 0 Å². The minimum atomic E-state index is -1.48. The van der Waals surface area contributed by atoms with E-state index in [1.807, 2.05) is 0 Å². The van der Waals surface area contributed by atoms with E-state index in [1.165, 1.54) is 30.3 Å². The first-order chi connectivity index (χ1) is 14.3. The van der Waals surface area contributed by atoms with Crippen LogP contribution in [0, 0.1) is 0 Å². The molecule has 0 amide bonds. The molecule has 1 fully saturated rings. The highest BCUT2D eigenvalue weighted by Gasteiger charge is 2.45. The van der Waals surface area contributed by atoms with E-state index in [0.717, 1.165) is 6.07 Å². The van der Waals surface area contributed by atoms with Gasteiger partial charge in [-0.3, -0.25) is 0 Å². The van der Waals surface area contributed by atoms with E-state index >= 15 is 0 Å². The maximum absolute atomic E-state index is 10.2. The lowest BCUT2D eigenvalue weighted by Crippen LogP contribution is -2.35. The van der Waals surface area contributed by atoms with Crippen LogP contribution in [0.2, 0.25) is 0 Å². The lowest BCUT2D eigenvalue weighted by Gasteiger charge is -2.16. The van der Waals surface area contributed by atoms with Crippen LogP contribution in [-0.2, 0) is 4.74 Å². The normalized spacial score (nSPS) is 23.7. The Labute approximate surface area is 169 Å². The van der Waals surface area contributed by atoms with Gasteiger partial charge in [0.2, 0.25) is 12.0 Å². The number of phenolic OH excluding ortho intramolecular Hbond substituents is 4. The summed E-state index contributed by atoms with van der Waals surface area (Å²) in [6.45, 7) is -0.543. The molecule has 0 aliphatic carbocycles. The van der Waals surface area contributed by atoms with Crippen LogP contribution in [0.1, 0.15) is 0 Å². The van der Waals surface area contributed by atoms with Crippen LogP contribution in [0.5, 0.6) is 28.7 Å². The first kappa shape index (κ1) is 20.0. The maximum Gasteiger partial charge on any atom is 0.402 e. The van der Waals surface area contributed by atoms with Crippen LogP contribution >= 0.6 is 0 Å². The molecule has 3 aromatic rings. The monoisotopic (exact) mass is 419 g/mol. The molecule has 0 radical (unpaired) electrons. The molecule has 0 bridgehead atoms. The number of benzene rings is 2. The fourth-order valence-electron chi connectivity index (χ4n) is 3.23. The van der Waals surface area contributed by atoms with Gasteiger partial charge >= 0.3 is 11.3 Å². The molecule has 10 nitrogen and oxygen atoms in total. The highest BCUT2D eigenvalue weighted by molar-refractivity contribution is 5.88. The Balaban J connectivity index is 1.85. The largest absolute Gasteiger partial charge is 0.507 e. The molecule has 1 aliphatic rings. The van der Waals surface area contributed by atoms with Gasteiger partial charge in [0, 0.05) is 18.2 Å². The van der Waals surface area contributed by atoms with Gasteiger partial charge < -0.3 is 45.2 Å². The molecule has 4 atom stereocenters. The third-order valence-electron chi connectivity index (χ3n) is 4.80. The van der Waals surface area contributed by atoms with Crippen LogP contribution in [0.25, 0.3) is 22.3 Å². The van der Waals surface area contributed by atoms with Gasteiger partial charge in [0.25, 0.3) is 0 Å². The van der Waals surface area contributed by atoms with Crippen LogP contribution < -0.4 is 4.74 Å². The Hall–Kier alpha value is -3.31. The second-order valence-corrected chi connectivity index (χ2v) is 6.84. The van der Waals surface area contributed by atoms with Crippen LogP contribution in [0.4, 0.5) is 0 Å². The van der Waals surface area contributed by atoms with Crippen molar-refractivity contribution in [2.45, 2.75) is 24.6 Å². The fraction of sp³-hybridized carbons (Fsp3) is 0.250. The van der Waals surface area contributed by atoms with E-state index < -0.39 is 37.0 Å². The summed E-state index contributed by atoms with van der Waals surface area (Å²) in [5.41, 5.74) is 0.348. The van der Waals surface area contributed by atoms with E-state index in [2.05, 4.69) is 0 Å². The first-order valence-corrected chi connectivity index (χ1v) is 8.92. The van der Waals surface area contributed by atoms with E-state index in [0.29, 0.717) is 0 Å². The molecule has 0 spiro atoms. The van der Waals surface area contributed by atoms with Crippen LogP contribution in [-0.4, -0.2) is 67.0 Å². The Morgan fingerprint density at radius 2 is 1.67 bits per heavy atom. The lowest BCUT2D eigenvalue weighted by atomic mass is 10.1. The molecular weight excluding hydrogens is 400 g/mol. The fourth-order valence-corrected chi connectivity index (χ4v) is 3.23. The SMILES string of the molecule is OC[C@H]1O[C@@H](Oc2cc3c(O)cc(O)cc3[o+]c2-c2ccc(O)c(O)c2)[C@H](O)[C@H]1O. The van der Waals surface area contributed by atoms with E-state index in [4.69, 9.17) is 13.9 Å². The zero-order valence-corrected chi connectivity index (χ0v) is 15.3. The van der Waals surface area contributed by atoms with Gasteiger partial charge in [0.05, 0.1) is 18.2 Å². The smallest absolute Gasteiger partial charge is 0.402 e. The second kappa shape index (κ2) is 7.50. The molecule has 0 saturated carbocycles. The van der Waals surface area contributed by atoms with Crippen molar-refractivity contribution in [3.05, 3.63) is 36.4 Å². The van der Waals surface area contributed by atoms with E-state index in [-0.39, 0.29) is 45.3 Å². The van der Waals surface area contributed by atoms with Crippen LogP contribution in [0.15, 0.2) is 40.8 Å². The van der Waals surface area contributed by atoms with Crippen molar-refractivity contribution in [2.75, 3.05) is 6.61 Å². The Kier molecular flexibility index (Phi) is 5.00. The molecule has 30 heavy (non-hydrogen) atoms. The molecule has 4 rings (SSSR count). The quantitative estimate of drug-likeness (QED) is 0.239. The summed E-state index contributed by atoms with van der Waals surface area (Å²) in [5, 5.41) is 68.8. The molecule has 7 N–H and O–H groups in total. The van der Waals surface area contributed by atoms with Gasteiger partial charge in [-0.2, -0.15) is 0 Å². The molecule has 0 unspecified atom stereocenters. The summed E-state index contributed by atoms with van der Waals surface area (Å²) in [4.78, 5) is 0. The number of aliphatic hydroxyl groups is 3. The predicted octanol–water partition coefficient (Wildman–Crippen LogP) is 1.02. The highest BCUT2D eigenvalue weighted by atomic mass is 16.7. The topological polar surface area (TPSA) is 171 Å². The predicted molar refractivity (Wildman–Crippen MR) is 101 cm³/mol. The first-order valence-electron chi connectivity index (χ1n) is 8.92. The van der Waals surface area contributed by atoms with Crippen molar-refractivity contribution in [3.8, 4) is 40.1 Å². The third-order valence-corrected chi connectivity index (χ3v) is 4.80. The Morgan fingerprint density at radius 3 is 2.33 bits per heavy atom. The van der Waals surface area contributed by atoms with Gasteiger partial charge in [-0.15, -0.1) is 0 Å². The molecule has 10 heteroatoms. The minimum absolute atomic E-state index is 0.0144. The number of rotatable bonds is 4. The molecule has 1 aromatic heterocycles. The number of ether oxygens (including phenoxy) is 2. The average Bonchev–Trinajstić information content (AvgIpc) is 2.98. The summed E-state index contributed by atoms with van der Waals surface area (Å²) in [5.74, 6) is -1.37. The van der Waals surface area contributed by atoms with Gasteiger partial charge in [0.15, 0.2) is 11.5 Å². The number of phenols is 4. The van der Waals surface area contributed by atoms with Crippen LogP contribution in [0.3, 0.4) is 0 Å². The zero-order valence-electron chi connectivity index (χ0n) is 15.3. The van der Waals surface area contributed by atoms with Gasteiger partial charge in [-0.1, -0.05) is 0 Å².